The average molecular weight is 193 g/mol. The van der Waals surface area contributed by atoms with E-state index in [1.54, 1.807) is 0 Å². The molecule has 0 aliphatic carbocycles. The van der Waals surface area contributed by atoms with Crippen molar-refractivity contribution < 1.29 is 37.7 Å². The standard InChI is InChI=1S/C3H9BrSi.Ar/c1-5(2,3)4;/h1-3H3;. The van der Waals surface area contributed by atoms with Crippen LogP contribution in [0.4, 0.5) is 0 Å². The second-order valence-electron chi connectivity index (χ2n) is 2.07. The van der Waals surface area contributed by atoms with Crippen molar-refractivity contribution in [1.29, 1.82) is 0 Å². The Morgan fingerprint density at radius 3 is 1.17 bits per heavy atom. The predicted octanol–water partition coefficient (Wildman–Crippen LogP) is 2.22. The third kappa shape index (κ3) is 38.2. The van der Waals surface area contributed by atoms with Gasteiger partial charge in [-0.3, -0.25) is 0 Å². The van der Waals surface area contributed by atoms with E-state index in [4.69, 9.17) is 0 Å². The fourth-order valence-electron chi connectivity index (χ4n) is 0. The summed E-state index contributed by atoms with van der Waals surface area (Å²) < 4.78 is 0. The van der Waals surface area contributed by atoms with Gasteiger partial charge >= 0.3 is 0 Å². The van der Waals surface area contributed by atoms with E-state index in [0.29, 0.717) is 0 Å². The first-order chi connectivity index (χ1) is 2.00. The van der Waals surface area contributed by atoms with Crippen molar-refractivity contribution >= 4 is 22.0 Å². The zero-order valence-electron chi connectivity index (χ0n) is 4.23. The summed E-state index contributed by atoms with van der Waals surface area (Å²) in [7, 11) is 0. The molecule has 0 rings (SSSR count). The number of rotatable bonds is 0. The Balaban J connectivity index is 0. The zero-order valence-corrected chi connectivity index (χ0v) is 7.52. The quantitative estimate of drug-likeness (QED) is 0.408. The smallest absolute Gasteiger partial charge is 0.121 e. The number of hydrogen-bond acceptors (Lipinski definition) is 0. The van der Waals surface area contributed by atoms with Gasteiger partial charge in [0.15, 0.2) is 0 Å². The molecule has 0 fully saturated rings. The Morgan fingerprint density at radius 1 is 1.17 bits per heavy atom. The fourth-order valence-corrected chi connectivity index (χ4v) is 0. The Kier molecular flexibility index (Phi) is 7.05. The van der Waals surface area contributed by atoms with E-state index in [2.05, 4.69) is 34.9 Å². The molecule has 0 aromatic carbocycles. The maximum absolute atomic E-state index is 3.51. The van der Waals surface area contributed by atoms with Crippen LogP contribution in [0.3, 0.4) is 0 Å². The molecule has 0 bridgehead atoms. The van der Waals surface area contributed by atoms with Crippen molar-refractivity contribution in [2.45, 2.75) is 19.6 Å². The van der Waals surface area contributed by atoms with Gasteiger partial charge in [-0.05, 0) is 0 Å². The van der Waals surface area contributed by atoms with Crippen LogP contribution in [0.25, 0.3) is 0 Å². The summed E-state index contributed by atoms with van der Waals surface area (Å²) in [6.45, 7) is 5.93. The normalized spacial score (nSPS) is 10.0. The van der Waals surface area contributed by atoms with Crippen LogP contribution in [0.2, 0.25) is 19.6 Å². The van der Waals surface area contributed by atoms with Crippen LogP contribution in [-0.2, 0) is 0 Å². The summed E-state index contributed by atoms with van der Waals surface area (Å²) in [6, 6.07) is 0. The molecule has 0 nitrogen and oxygen atoms in total. The minimum atomic E-state index is -0.799. The molecule has 0 saturated carbocycles. The monoisotopic (exact) mass is 192 g/mol. The van der Waals surface area contributed by atoms with Gasteiger partial charge in [-0.2, -0.15) is 0 Å². The van der Waals surface area contributed by atoms with Gasteiger partial charge in [-0.25, -0.2) is 0 Å². The van der Waals surface area contributed by atoms with E-state index >= 15 is 0 Å². The van der Waals surface area contributed by atoms with Crippen LogP contribution in [0.1, 0.15) is 0 Å². The molecular weight excluding hydrogens is 184 g/mol. The van der Waals surface area contributed by atoms with E-state index in [0.717, 1.165) is 0 Å². The number of halogens is 1. The molecule has 3 heteroatoms. The van der Waals surface area contributed by atoms with Crippen molar-refractivity contribution in [1.82, 2.24) is 0 Å². The first kappa shape index (κ1) is 10.9. The van der Waals surface area contributed by atoms with Gasteiger partial charge in [-0.1, -0.05) is 19.6 Å². The van der Waals surface area contributed by atoms with Gasteiger partial charge in [0.25, 0.3) is 0 Å². The summed E-state index contributed by atoms with van der Waals surface area (Å²) in [5, 5.41) is 0. The summed E-state index contributed by atoms with van der Waals surface area (Å²) in [5.74, 6) is 0. The van der Waals surface area contributed by atoms with Crippen LogP contribution in [0.15, 0.2) is 0 Å². The molecule has 0 spiro atoms. The molecule has 0 aliphatic rings. The molecule has 6 heavy (non-hydrogen) atoms. The average Bonchev–Trinajstić information content (AvgIpc) is 0.722. The van der Waals surface area contributed by atoms with Crippen molar-refractivity contribution in [3.05, 3.63) is 0 Å². The van der Waals surface area contributed by atoms with Crippen molar-refractivity contribution in [2.75, 3.05) is 0 Å². The summed E-state index contributed by atoms with van der Waals surface area (Å²) in [6.07, 6.45) is 0. The molecule has 0 atom stereocenters. The van der Waals surface area contributed by atoms with E-state index in [-0.39, 0.29) is 37.7 Å². The first-order valence-corrected chi connectivity index (χ1v) is 7.45. The Labute approximate surface area is 78.3 Å². The second kappa shape index (κ2) is 3.90. The van der Waals surface area contributed by atoms with Gasteiger partial charge in [0.1, 0.15) is 6.69 Å². The number of hydrogen-bond donors (Lipinski definition) is 0. The van der Waals surface area contributed by atoms with Crippen molar-refractivity contribution in [3.8, 4) is 0 Å². The van der Waals surface area contributed by atoms with Crippen LogP contribution >= 0.6 is 15.3 Å². The Hall–Kier alpha value is 1.96. The Bertz CT molecular complexity index is 26.3. The summed E-state index contributed by atoms with van der Waals surface area (Å²) in [4.78, 5) is 0. The third-order valence-electron chi connectivity index (χ3n) is 0. The van der Waals surface area contributed by atoms with Gasteiger partial charge in [0, 0.05) is 37.7 Å². The molecular formula is C3H9ArBrSi. The van der Waals surface area contributed by atoms with Crippen LogP contribution in [-0.4, -0.2) is 6.69 Å². The van der Waals surface area contributed by atoms with Gasteiger partial charge in [0.2, 0.25) is 0 Å². The van der Waals surface area contributed by atoms with E-state index < -0.39 is 6.69 Å². The molecule has 40 valence electrons. The topological polar surface area (TPSA) is 0 Å². The van der Waals surface area contributed by atoms with Crippen molar-refractivity contribution in [3.63, 3.8) is 0 Å². The van der Waals surface area contributed by atoms with E-state index in [1.807, 2.05) is 0 Å². The molecule has 0 aromatic heterocycles. The molecule has 0 amide bonds. The molecule has 0 unspecified atom stereocenters. The summed E-state index contributed by atoms with van der Waals surface area (Å²) >= 11 is 3.51. The largest absolute Gasteiger partial charge is 0.127 e. The van der Waals surface area contributed by atoms with Gasteiger partial charge < -0.3 is 0 Å². The SMILES string of the molecule is C[Si](C)(C)Br.[Ar]. The maximum atomic E-state index is 3.51. The third-order valence-corrected chi connectivity index (χ3v) is 0. The molecule has 0 aromatic rings. The molecule has 0 heterocycles. The molecule has 0 N–H and O–H groups in total. The minimum absolute atomic E-state index is 0. The molecule has 0 aliphatic heterocycles. The van der Waals surface area contributed by atoms with Crippen molar-refractivity contribution in [2.24, 2.45) is 0 Å². The van der Waals surface area contributed by atoms with E-state index in [9.17, 15) is 0 Å². The van der Waals surface area contributed by atoms with E-state index in [1.165, 1.54) is 0 Å². The minimum Gasteiger partial charge on any atom is -0.127 e. The molecule has 0 radical (unpaired) electrons. The first-order valence-electron chi connectivity index (χ1n) is 1.69. The summed E-state index contributed by atoms with van der Waals surface area (Å²) in [5.41, 5.74) is 0. The predicted molar refractivity (Wildman–Crippen MR) is 32.3 cm³/mol. The van der Waals surface area contributed by atoms with Crippen LogP contribution in [0.5, 0.6) is 0 Å². The maximum Gasteiger partial charge on any atom is 0.121 e. The fraction of sp³-hybridized carbons (Fsp3) is 1.00. The Morgan fingerprint density at radius 2 is 1.17 bits per heavy atom. The van der Waals surface area contributed by atoms with Gasteiger partial charge in [0.05, 0.1) is 0 Å². The zero-order chi connectivity index (χ0) is 4.50. The second-order valence-corrected chi connectivity index (χ2v) is 13.3. The van der Waals surface area contributed by atoms with Gasteiger partial charge in [-0.15, -0.1) is 15.3 Å². The molecule has 0 saturated heterocycles. The van der Waals surface area contributed by atoms with Crippen LogP contribution < -0.4 is 0 Å². The van der Waals surface area contributed by atoms with Crippen LogP contribution in [0, 0.1) is 37.7 Å².